The third-order valence-corrected chi connectivity index (χ3v) is 4.54. The molecule has 1 fully saturated rings. The maximum atomic E-state index is 12.8. The van der Waals surface area contributed by atoms with Gasteiger partial charge in [0.05, 0.1) is 12.1 Å². The van der Waals surface area contributed by atoms with Crippen molar-refractivity contribution in [1.29, 1.82) is 0 Å². The van der Waals surface area contributed by atoms with Crippen LogP contribution in [0.5, 0.6) is 5.88 Å². The molecule has 3 heterocycles. The second-order valence-corrected chi connectivity index (χ2v) is 6.43. The summed E-state index contributed by atoms with van der Waals surface area (Å²) in [4.78, 5) is 21.2. The lowest BCUT2D eigenvalue weighted by Gasteiger charge is -2.16. The number of likely N-dealkylation sites (tertiary alicyclic amines) is 1. The van der Waals surface area contributed by atoms with Gasteiger partial charge in [0, 0.05) is 36.1 Å². The summed E-state index contributed by atoms with van der Waals surface area (Å²) >= 11 is 0. The van der Waals surface area contributed by atoms with Crippen LogP contribution in [0.2, 0.25) is 0 Å². The Morgan fingerprint density at radius 2 is 2.04 bits per heavy atom. The molecule has 8 heteroatoms. The highest BCUT2D eigenvalue weighted by Gasteiger charge is 2.32. The Kier molecular flexibility index (Phi) is 4.25. The van der Waals surface area contributed by atoms with Crippen LogP contribution in [-0.4, -0.2) is 40.0 Å². The Morgan fingerprint density at radius 1 is 1.22 bits per heavy atom. The molecule has 27 heavy (non-hydrogen) atoms. The first-order valence-corrected chi connectivity index (χ1v) is 8.47. The number of carbonyl (C=O) groups is 1. The number of benzene rings is 1. The number of halogens is 3. The molecule has 0 bridgehead atoms. The molecule has 1 amide bonds. The molecule has 2 aromatic heterocycles. The summed E-state index contributed by atoms with van der Waals surface area (Å²) in [6.45, 7) is 0.768. The van der Waals surface area contributed by atoms with E-state index in [-0.39, 0.29) is 11.8 Å². The largest absolute Gasteiger partial charge is 0.472 e. The van der Waals surface area contributed by atoms with Crippen LogP contribution in [0, 0.1) is 0 Å². The molecule has 1 saturated heterocycles. The molecule has 1 aliphatic heterocycles. The van der Waals surface area contributed by atoms with Crippen molar-refractivity contribution in [2.24, 2.45) is 0 Å². The number of amides is 1. The maximum absolute atomic E-state index is 12.8. The van der Waals surface area contributed by atoms with Gasteiger partial charge in [-0.25, -0.2) is 4.98 Å². The predicted molar refractivity (Wildman–Crippen MR) is 92.5 cm³/mol. The molecule has 0 aliphatic carbocycles. The average Bonchev–Trinajstić information content (AvgIpc) is 3.27. The summed E-state index contributed by atoms with van der Waals surface area (Å²) in [7, 11) is 0. The number of rotatable bonds is 3. The van der Waals surface area contributed by atoms with E-state index in [0.29, 0.717) is 25.2 Å². The number of fused-ring (bicyclic) bond motifs is 1. The van der Waals surface area contributed by atoms with E-state index in [1.165, 1.54) is 0 Å². The molecular formula is C19H16F3N3O2. The van der Waals surface area contributed by atoms with Gasteiger partial charge in [0.1, 0.15) is 11.8 Å². The number of aromatic amines is 1. The molecule has 3 aromatic rings. The van der Waals surface area contributed by atoms with Crippen LogP contribution in [0.3, 0.4) is 0 Å². The first-order valence-electron chi connectivity index (χ1n) is 8.47. The van der Waals surface area contributed by atoms with Crippen molar-refractivity contribution < 1.29 is 22.7 Å². The van der Waals surface area contributed by atoms with E-state index < -0.39 is 17.8 Å². The van der Waals surface area contributed by atoms with Crippen LogP contribution < -0.4 is 4.74 Å². The molecule has 1 aromatic carbocycles. The smallest absolute Gasteiger partial charge is 0.416 e. The second-order valence-electron chi connectivity index (χ2n) is 6.43. The van der Waals surface area contributed by atoms with Gasteiger partial charge in [0.25, 0.3) is 5.91 Å². The fourth-order valence-corrected chi connectivity index (χ4v) is 3.19. The molecule has 0 spiro atoms. The lowest BCUT2D eigenvalue weighted by Crippen LogP contribution is -2.31. The predicted octanol–water partition coefficient (Wildman–Crippen LogP) is 3.88. The van der Waals surface area contributed by atoms with Crippen molar-refractivity contribution >= 4 is 16.8 Å². The normalized spacial score (nSPS) is 17.4. The van der Waals surface area contributed by atoms with Crippen LogP contribution in [0.25, 0.3) is 10.9 Å². The zero-order valence-electron chi connectivity index (χ0n) is 14.2. The van der Waals surface area contributed by atoms with Crippen molar-refractivity contribution in [2.75, 3.05) is 13.1 Å². The van der Waals surface area contributed by atoms with E-state index in [9.17, 15) is 18.0 Å². The van der Waals surface area contributed by atoms with Crippen molar-refractivity contribution in [1.82, 2.24) is 14.9 Å². The average molecular weight is 375 g/mol. The Balaban J connectivity index is 1.43. The Morgan fingerprint density at radius 3 is 2.81 bits per heavy atom. The van der Waals surface area contributed by atoms with E-state index in [2.05, 4.69) is 9.97 Å². The molecule has 1 unspecified atom stereocenters. The van der Waals surface area contributed by atoms with Gasteiger partial charge in [-0.05, 0) is 18.2 Å². The van der Waals surface area contributed by atoms with Gasteiger partial charge >= 0.3 is 6.18 Å². The number of para-hydroxylation sites is 1. The maximum Gasteiger partial charge on any atom is 0.416 e. The van der Waals surface area contributed by atoms with Gasteiger partial charge in [-0.3, -0.25) is 4.79 Å². The number of H-pyrrole nitrogens is 1. The fraction of sp³-hybridized carbons (Fsp3) is 0.263. The number of nitrogens with zero attached hydrogens (tertiary/aromatic N) is 2. The molecule has 1 N–H and O–H groups in total. The molecule has 0 saturated carbocycles. The quantitative estimate of drug-likeness (QED) is 0.756. The Hall–Kier alpha value is -3.03. The molecule has 1 aliphatic rings. The number of carbonyl (C=O) groups excluding carboxylic acids is 1. The van der Waals surface area contributed by atoms with E-state index >= 15 is 0 Å². The van der Waals surface area contributed by atoms with Crippen molar-refractivity contribution in [2.45, 2.75) is 18.7 Å². The van der Waals surface area contributed by atoms with Gasteiger partial charge < -0.3 is 14.6 Å². The standard InChI is InChI=1S/C19H16F3N3O2/c20-19(21,22)13-5-7-23-17(10-13)27-14-6-8-25(11-14)18(26)16-9-12-3-1-2-4-15(12)24-16/h1-5,7,9-10,14,24H,6,8,11H2. The van der Waals surface area contributed by atoms with Crippen LogP contribution in [-0.2, 0) is 6.18 Å². The molecule has 5 nitrogen and oxygen atoms in total. The summed E-state index contributed by atoms with van der Waals surface area (Å²) in [5.74, 6) is -0.246. The number of hydrogen-bond acceptors (Lipinski definition) is 3. The first-order chi connectivity index (χ1) is 12.9. The van der Waals surface area contributed by atoms with Crippen molar-refractivity contribution in [3.63, 3.8) is 0 Å². The van der Waals surface area contributed by atoms with Gasteiger partial charge in [-0.2, -0.15) is 13.2 Å². The highest BCUT2D eigenvalue weighted by Crippen LogP contribution is 2.31. The highest BCUT2D eigenvalue weighted by molar-refractivity contribution is 5.98. The molecule has 0 radical (unpaired) electrons. The van der Waals surface area contributed by atoms with Crippen LogP contribution in [0.1, 0.15) is 22.5 Å². The molecule has 140 valence electrons. The summed E-state index contributed by atoms with van der Waals surface area (Å²) in [5, 5.41) is 0.945. The number of hydrogen-bond donors (Lipinski definition) is 1. The summed E-state index contributed by atoms with van der Waals surface area (Å²) < 4.78 is 43.9. The van der Waals surface area contributed by atoms with E-state index in [0.717, 1.165) is 29.2 Å². The third-order valence-electron chi connectivity index (χ3n) is 4.54. The van der Waals surface area contributed by atoms with E-state index in [1.807, 2.05) is 24.3 Å². The van der Waals surface area contributed by atoms with Crippen LogP contribution in [0.15, 0.2) is 48.7 Å². The van der Waals surface area contributed by atoms with Gasteiger partial charge in [0.15, 0.2) is 0 Å². The lowest BCUT2D eigenvalue weighted by molar-refractivity contribution is -0.137. The minimum atomic E-state index is -4.45. The second kappa shape index (κ2) is 6.61. The lowest BCUT2D eigenvalue weighted by atomic mass is 10.2. The number of aromatic nitrogens is 2. The number of nitrogens with one attached hydrogen (secondary N) is 1. The molecule has 4 rings (SSSR count). The van der Waals surface area contributed by atoms with Crippen molar-refractivity contribution in [3.8, 4) is 5.88 Å². The minimum Gasteiger partial charge on any atom is -0.472 e. The Labute approximate surface area is 152 Å². The fourth-order valence-electron chi connectivity index (χ4n) is 3.19. The number of ether oxygens (including phenoxy) is 1. The third kappa shape index (κ3) is 3.60. The first kappa shape index (κ1) is 17.4. The van der Waals surface area contributed by atoms with E-state index in [4.69, 9.17) is 4.74 Å². The molecular weight excluding hydrogens is 359 g/mol. The zero-order chi connectivity index (χ0) is 19.0. The molecule has 1 atom stereocenters. The van der Waals surface area contributed by atoms with Gasteiger partial charge in [-0.1, -0.05) is 18.2 Å². The number of alkyl halides is 3. The SMILES string of the molecule is O=C(c1cc2ccccc2[nH]1)N1CCC(Oc2cc(C(F)(F)F)ccn2)C1. The Bertz CT molecular complexity index is 950. The summed E-state index contributed by atoms with van der Waals surface area (Å²) in [6.07, 6.45) is -3.24. The number of pyridine rings is 1. The van der Waals surface area contributed by atoms with E-state index in [1.54, 1.807) is 11.0 Å². The minimum absolute atomic E-state index is 0.0882. The topological polar surface area (TPSA) is 58.2 Å². The van der Waals surface area contributed by atoms with Gasteiger partial charge in [0.2, 0.25) is 5.88 Å². The van der Waals surface area contributed by atoms with Crippen LogP contribution >= 0.6 is 0 Å². The summed E-state index contributed by atoms with van der Waals surface area (Å²) in [6, 6.07) is 11.1. The highest BCUT2D eigenvalue weighted by atomic mass is 19.4. The monoisotopic (exact) mass is 375 g/mol. The summed E-state index contributed by atoms with van der Waals surface area (Å²) in [5.41, 5.74) is 0.548. The zero-order valence-corrected chi connectivity index (χ0v) is 14.2. The van der Waals surface area contributed by atoms with Crippen LogP contribution in [0.4, 0.5) is 13.2 Å². The van der Waals surface area contributed by atoms with Gasteiger partial charge in [-0.15, -0.1) is 0 Å². The van der Waals surface area contributed by atoms with Crippen molar-refractivity contribution in [3.05, 3.63) is 59.9 Å².